The number of azo groups is 1. The van der Waals surface area contributed by atoms with E-state index < -0.39 is 0 Å². The van der Waals surface area contributed by atoms with E-state index in [9.17, 15) is 5.11 Å². The van der Waals surface area contributed by atoms with Gasteiger partial charge >= 0.3 is 0 Å². The zero-order valence-corrected chi connectivity index (χ0v) is 8.61. The largest absolute Gasteiger partial charge is 0.508 e. The second kappa shape index (κ2) is 5.02. The number of hydrogen-bond donors (Lipinski definition) is 1. The van der Waals surface area contributed by atoms with Gasteiger partial charge < -0.3 is 5.11 Å². The number of hydrogen-bond acceptors (Lipinski definition) is 4. The normalized spacial score (nSPS) is 10.8. The van der Waals surface area contributed by atoms with Crippen LogP contribution < -0.4 is 0 Å². The summed E-state index contributed by atoms with van der Waals surface area (Å²) < 4.78 is 0. The molecule has 0 aliphatic rings. The molecule has 0 amide bonds. The van der Waals surface area contributed by atoms with Crippen LogP contribution in [-0.4, -0.2) is 10.1 Å². The van der Waals surface area contributed by atoms with Crippen molar-refractivity contribution >= 4 is 5.82 Å². The summed E-state index contributed by atoms with van der Waals surface area (Å²) in [5.41, 5.74) is 0.752. The zero-order chi connectivity index (χ0) is 11.2. The van der Waals surface area contributed by atoms with Crippen molar-refractivity contribution in [2.45, 2.75) is 6.54 Å². The molecule has 0 unspecified atom stereocenters. The highest BCUT2D eigenvalue weighted by Gasteiger charge is 1.97. The fraction of sp³-hybridized carbons (Fsp3) is 0.0833. The molecule has 0 aliphatic heterocycles. The molecule has 0 atom stereocenters. The van der Waals surface area contributed by atoms with Crippen molar-refractivity contribution in [1.82, 2.24) is 4.98 Å². The van der Waals surface area contributed by atoms with Crippen LogP contribution in [0.5, 0.6) is 5.75 Å². The van der Waals surface area contributed by atoms with Crippen molar-refractivity contribution < 1.29 is 5.11 Å². The van der Waals surface area contributed by atoms with Crippen molar-refractivity contribution in [2.24, 2.45) is 10.2 Å². The molecule has 1 aromatic heterocycles. The van der Waals surface area contributed by atoms with E-state index in [-0.39, 0.29) is 5.75 Å². The second-order valence-electron chi connectivity index (χ2n) is 3.22. The average molecular weight is 213 g/mol. The summed E-state index contributed by atoms with van der Waals surface area (Å²) in [6.07, 6.45) is 1.66. The van der Waals surface area contributed by atoms with Crippen molar-refractivity contribution in [1.29, 1.82) is 0 Å². The SMILES string of the molecule is Oc1ccccc1CN=Nc1ccccn1. The molecule has 80 valence electrons. The molecule has 4 heteroatoms. The molecule has 2 aromatic rings. The Kier molecular flexibility index (Phi) is 3.23. The van der Waals surface area contributed by atoms with E-state index >= 15 is 0 Å². The van der Waals surface area contributed by atoms with Crippen molar-refractivity contribution in [3.05, 3.63) is 54.2 Å². The van der Waals surface area contributed by atoms with Gasteiger partial charge in [-0.25, -0.2) is 4.98 Å². The molecule has 16 heavy (non-hydrogen) atoms. The Balaban J connectivity index is 2.03. The van der Waals surface area contributed by atoms with Crippen molar-refractivity contribution in [3.63, 3.8) is 0 Å². The number of para-hydroxylation sites is 1. The highest BCUT2D eigenvalue weighted by atomic mass is 16.3. The summed E-state index contributed by atoms with van der Waals surface area (Å²) in [4.78, 5) is 4.01. The molecule has 0 saturated carbocycles. The Morgan fingerprint density at radius 1 is 1.06 bits per heavy atom. The zero-order valence-electron chi connectivity index (χ0n) is 8.61. The minimum atomic E-state index is 0.238. The molecular formula is C12H11N3O. The fourth-order valence-electron chi connectivity index (χ4n) is 1.24. The van der Waals surface area contributed by atoms with Crippen LogP contribution in [-0.2, 0) is 6.54 Å². The topological polar surface area (TPSA) is 57.8 Å². The van der Waals surface area contributed by atoms with E-state index in [2.05, 4.69) is 15.2 Å². The first-order chi connectivity index (χ1) is 7.86. The third-order valence-corrected chi connectivity index (χ3v) is 2.06. The van der Waals surface area contributed by atoms with Gasteiger partial charge in [0.2, 0.25) is 0 Å². The first-order valence-electron chi connectivity index (χ1n) is 4.91. The van der Waals surface area contributed by atoms with E-state index in [1.54, 1.807) is 24.4 Å². The van der Waals surface area contributed by atoms with Gasteiger partial charge in [-0.1, -0.05) is 24.3 Å². The predicted molar refractivity (Wildman–Crippen MR) is 60.6 cm³/mol. The van der Waals surface area contributed by atoms with Crippen LogP contribution in [0.25, 0.3) is 0 Å². The van der Waals surface area contributed by atoms with E-state index in [4.69, 9.17) is 0 Å². The molecule has 0 aliphatic carbocycles. The Bertz CT molecular complexity index is 483. The number of nitrogens with zero attached hydrogens (tertiary/aromatic N) is 3. The number of phenolic OH excluding ortho intramolecular Hbond substituents is 1. The van der Waals surface area contributed by atoms with Gasteiger partial charge in [0.15, 0.2) is 5.82 Å². The minimum Gasteiger partial charge on any atom is -0.508 e. The number of aromatic nitrogens is 1. The Labute approximate surface area is 93.3 Å². The molecule has 0 radical (unpaired) electrons. The number of aromatic hydroxyl groups is 1. The maximum Gasteiger partial charge on any atom is 0.173 e. The molecule has 2 rings (SSSR count). The lowest BCUT2D eigenvalue weighted by Crippen LogP contribution is -1.80. The summed E-state index contributed by atoms with van der Waals surface area (Å²) in [5.74, 6) is 0.806. The van der Waals surface area contributed by atoms with Gasteiger partial charge in [0.1, 0.15) is 5.75 Å². The summed E-state index contributed by atoms with van der Waals surface area (Å²) in [6, 6.07) is 12.5. The van der Waals surface area contributed by atoms with Crippen LogP contribution in [0.15, 0.2) is 58.9 Å². The van der Waals surface area contributed by atoms with Crippen LogP contribution in [0.4, 0.5) is 5.82 Å². The predicted octanol–water partition coefficient (Wildman–Crippen LogP) is 3.07. The van der Waals surface area contributed by atoms with Crippen LogP contribution in [0.3, 0.4) is 0 Å². The minimum absolute atomic E-state index is 0.238. The monoisotopic (exact) mass is 213 g/mol. The van der Waals surface area contributed by atoms with Crippen LogP contribution in [0.2, 0.25) is 0 Å². The second-order valence-corrected chi connectivity index (χ2v) is 3.22. The van der Waals surface area contributed by atoms with Gasteiger partial charge in [0, 0.05) is 11.8 Å². The highest BCUT2D eigenvalue weighted by molar-refractivity contribution is 5.31. The summed E-state index contributed by atoms with van der Waals surface area (Å²) in [7, 11) is 0. The number of pyridine rings is 1. The number of phenols is 1. The Morgan fingerprint density at radius 2 is 1.88 bits per heavy atom. The molecule has 1 N–H and O–H groups in total. The van der Waals surface area contributed by atoms with Gasteiger partial charge in [0.05, 0.1) is 6.54 Å². The van der Waals surface area contributed by atoms with Crippen LogP contribution in [0.1, 0.15) is 5.56 Å². The molecule has 1 heterocycles. The van der Waals surface area contributed by atoms with Gasteiger partial charge in [-0.3, -0.25) is 0 Å². The first-order valence-corrected chi connectivity index (χ1v) is 4.91. The summed E-state index contributed by atoms with van der Waals surface area (Å²) in [6.45, 7) is 0.350. The Morgan fingerprint density at radius 3 is 2.62 bits per heavy atom. The van der Waals surface area contributed by atoms with Gasteiger partial charge in [0.25, 0.3) is 0 Å². The first kappa shape index (κ1) is 10.3. The van der Waals surface area contributed by atoms with Crippen molar-refractivity contribution in [3.8, 4) is 5.75 Å². The van der Waals surface area contributed by atoms with E-state index in [0.29, 0.717) is 12.4 Å². The van der Waals surface area contributed by atoms with Gasteiger partial charge in [-0.15, -0.1) is 5.11 Å². The maximum absolute atomic E-state index is 9.49. The fourth-order valence-corrected chi connectivity index (χ4v) is 1.24. The average Bonchev–Trinajstić information content (AvgIpc) is 2.33. The molecule has 4 nitrogen and oxygen atoms in total. The third kappa shape index (κ3) is 2.63. The van der Waals surface area contributed by atoms with Crippen LogP contribution in [0, 0.1) is 0 Å². The van der Waals surface area contributed by atoms with E-state index in [1.807, 2.05) is 24.3 Å². The highest BCUT2D eigenvalue weighted by Crippen LogP contribution is 2.17. The quantitative estimate of drug-likeness (QED) is 0.796. The lowest BCUT2D eigenvalue weighted by atomic mass is 10.2. The molecule has 0 bridgehead atoms. The molecule has 0 fully saturated rings. The Hall–Kier alpha value is -2.23. The number of rotatable bonds is 3. The third-order valence-electron chi connectivity index (χ3n) is 2.06. The molecule has 0 spiro atoms. The van der Waals surface area contributed by atoms with Crippen molar-refractivity contribution in [2.75, 3.05) is 0 Å². The lowest BCUT2D eigenvalue weighted by Gasteiger charge is -1.98. The smallest absolute Gasteiger partial charge is 0.173 e. The number of benzene rings is 1. The van der Waals surface area contributed by atoms with E-state index in [0.717, 1.165) is 5.56 Å². The summed E-state index contributed by atoms with van der Waals surface area (Å²) in [5, 5.41) is 17.4. The van der Waals surface area contributed by atoms with Gasteiger partial charge in [-0.2, -0.15) is 5.11 Å². The van der Waals surface area contributed by atoms with E-state index in [1.165, 1.54) is 0 Å². The maximum atomic E-state index is 9.49. The van der Waals surface area contributed by atoms with Crippen LogP contribution >= 0.6 is 0 Å². The summed E-state index contributed by atoms with van der Waals surface area (Å²) >= 11 is 0. The van der Waals surface area contributed by atoms with Gasteiger partial charge in [-0.05, 0) is 18.2 Å². The molecule has 1 aromatic carbocycles. The molecular weight excluding hydrogens is 202 g/mol. The lowest BCUT2D eigenvalue weighted by molar-refractivity contribution is 0.468. The standard InChI is InChI=1S/C12H11N3O/c16-11-6-2-1-5-10(11)9-14-15-12-7-3-4-8-13-12/h1-8,16H,9H2. The molecule has 0 saturated heterocycles.